The van der Waals surface area contributed by atoms with E-state index in [2.05, 4.69) is 20.4 Å². The van der Waals surface area contributed by atoms with E-state index in [4.69, 9.17) is 4.74 Å². The predicted molar refractivity (Wildman–Crippen MR) is 102 cm³/mol. The van der Waals surface area contributed by atoms with Crippen molar-refractivity contribution in [1.29, 1.82) is 0 Å². The molecule has 5 nitrogen and oxygen atoms in total. The molecule has 3 heterocycles. The highest BCUT2D eigenvalue weighted by atomic mass is 19.1. The molecule has 1 N–H and O–H groups in total. The first-order chi connectivity index (χ1) is 13.3. The van der Waals surface area contributed by atoms with Crippen LogP contribution in [-0.2, 0) is 4.74 Å². The molecule has 0 bridgehead atoms. The molecule has 3 atom stereocenters. The van der Waals surface area contributed by atoms with Gasteiger partial charge in [-0.25, -0.2) is 4.39 Å². The van der Waals surface area contributed by atoms with Crippen LogP contribution in [0.4, 0.5) is 10.2 Å². The van der Waals surface area contributed by atoms with Gasteiger partial charge in [-0.15, -0.1) is 10.2 Å². The highest BCUT2D eigenvalue weighted by molar-refractivity contribution is 5.60. The molecule has 2 aliphatic heterocycles. The summed E-state index contributed by atoms with van der Waals surface area (Å²) in [4.78, 5) is 2.62. The summed E-state index contributed by atoms with van der Waals surface area (Å²) >= 11 is 0. The van der Waals surface area contributed by atoms with Gasteiger partial charge < -0.3 is 15.0 Å². The summed E-state index contributed by atoms with van der Waals surface area (Å²) in [5.74, 6) is 2.76. The van der Waals surface area contributed by atoms with E-state index in [1.165, 1.54) is 38.5 Å². The van der Waals surface area contributed by atoms with Crippen LogP contribution >= 0.6 is 0 Å². The Hall–Kier alpha value is -2.05. The standard InChI is InChI=1S/C21H25FN4O/c22-18-4-2-1-3-15(18)19-5-6-20(25-24-19)23-21-16-12-26(13-17(16)21)11-14-7-9-27-10-8-14/h1-6,14,16-17,21H,7-13H2,(H,23,25)/t16-,17+,21?. The monoisotopic (exact) mass is 368 g/mol. The maximum Gasteiger partial charge on any atom is 0.148 e. The van der Waals surface area contributed by atoms with Crippen molar-refractivity contribution in [3.05, 3.63) is 42.2 Å². The van der Waals surface area contributed by atoms with Crippen molar-refractivity contribution >= 4 is 5.82 Å². The molecule has 142 valence electrons. The van der Waals surface area contributed by atoms with E-state index in [0.29, 0.717) is 17.3 Å². The number of halogens is 1. The van der Waals surface area contributed by atoms with Crippen LogP contribution < -0.4 is 5.32 Å². The summed E-state index contributed by atoms with van der Waals surface area (Å²) in [7, 11) is 0. The maximum atomic E-state index is 13.9. The molecule has 0 spiro atoms. The van der Waals surface area contributed by atoms with E-state index < -0.39 is 0 Å². The van der Waals surface area contributed by atoms with Crippen molar-refractivity contribution in [3.63, 3.8) is 0 Å². The molecule has 1 aromatic carbocycles. The zero-order valence-electron chi connectivity index (χ0n) is 15.4. The Bertz CT molecular complexity index is 781. The molecule has 1 saturated carbocycles. The van der Waals surface area contributed by atoms with Gasteiger partial charge in [-0.1, -0.05) is 12.1 Å². The first-order valence-electron chi connectivity index (χ1n) is 9.93. The van der Waals surface area contributed by atoms with Crippen molar-refractivity contribution in [2.24, 2.45) is 17.8 Å². The fourth-order valence-corrected chi connectivity index (χ4v) is 4.66. The molecule has 2 aromatic rings. The molecule has 1 aromatic heterocycles. The van der Waals surface area contributed by atoms with Gasteiger partial charge in [0.25, 0.3) is 0 Å². The number of fused-ring (bicyclic) bond motifs is 1. The van der Waals surface area contributed by atoms with Gasteiger partial charge in [0.15, 0.2) is 0 Å². The molecule has 0 amide bonds. The molecule has 2 saturated heterocycles. The zero-order chi connectivity index (χ0) is 18.2. The summed E-state index contributed by atoms with van der Waals surface area (Å²) in [6.45, 7) is 5.44. The second kappa shape index (κ2) is 7.17. The van der Waals surface area contributed by atoms with Crippen molar-refractivity contribution in [2.75, 3.05) is 38.2 Å². The first-order valence-corrected chi connectivity index (χ1v) is 9.93. The Balaban J connectivity index is 1.14. The number of rotatable bonds is 5. The van der Waals surface area contributed by atoms with Crippen LogP contribution in [0.1, 0.15) is 12.8 Å². The number of hydrogen-bond acceptors (Lipinski definition) is 5. The van der Waals surface area contributed by atoms with Gasteiger partial charge in [-0.2, -0.15) is 0 Å². The lowest BCUT2D eigenvalue weighted by Crippen LogP contribution is -2.34. The molecule has 5 rings (SSSR count). The average molecular weight is 368 g/mol. The number of nitrogens with one attached hydrogen (secondary N) is 1. The third-order valence-corrected chi connectivity index (χ3v) is 6.26. The number of nitrogens with zero attached hydrogens (tertiary/aromatic N) is 3. The number of aromatic nitrogens is 2. The Morgan fingerprint density at radius 2 is 1.81 bits per heavy atom. The minimum Gasteiger partial charge on any atom is -0.381 e. The largest absolute Gasteiger partial charge is 0.381 e. The maximum absolute atomic E-state index is 13.9. The minimum absolute atomic E-state index is 0.270. The molecule has 1 unspecified atom stereocenters. The lowest BCUT2D eigenvalue weighted by molar-refractivity contribution is 0.0540. The van der Waals surface area contributed by atoms with Crippen LogP contribution in [0.5, 0.6) is 0 Å². The summed E-state index contributed by atoms with van der Waals surface area (Å²) in [6.07, 6.45) is 2.41. The highest BCUT2D eigenvalue weighted by Gasteiger charge is 2.55. The quantitative estimate of drug-likeness (QED) is 0.879. The smallest absolute Gasteiger partial charge is 0.148 e. The fraction of sp³-hybridized carbons (Fsp3) is 0.524. The van der Waals surface area contributed by atoms with Crippen LogP contribution in [0, 0.1) is 23.6 Å². The summed E-state index contributed by atoms with van der Waals surface area (Å²) in [6, 6.07) is 10.9. The van der Waals surface area contributed by atoms with Crippen LogP contribution in [-0.4, -0.2) is 54.0 Å². The van der Waals surface area contributed by atoms with Crippen LogP contribution in [0.2, 0.25) is 0 Å². The van der Waals surface area contributed by atoms with Crippen molar-refractivity contribution in [3.8, 4) is 11.3 Å². The van der Waals surface area contributed by atoms with E-state index in [0.717, 1.165) is 36.8 Å². The Labute approximate surface area is 158 Å². The second-order valence-electron chi connectivity index (χ2n) is 8.06. The van der Waals surface area contributed by atoms with E-state index in [-0.39, 0.29) is 5.82 Å². The third kappa shape index (κ3) is 3.56. The molecule has 27 heavy (non-hydrogen) atoms. The Kier molecular flexibility index (Phi) is 4.53. The molecular weight excluding hydrogens is 343 g/mol. The van der Waals surface area contributed by atoms with Gasteiger partial charge in [0.05, 0.1) is 5.69 Å². The van der Waals surface area contributed by atoms with Gasteiger partial charge in [0, 0.05) is 44.5 Å². The lowest BCUT2D eigenvalue weighted by Gasteiger charge is -2.28. The molecule has 3 fully saturated rings. The van der Waals surface area contributed by atoms with Crippen LogP contribution in [0.3, 0.4) is 0 Å². The van der Waals surface area contributed by atoms with Gasteiger partial charge in [-0.05, 0) is 54.9 Å². The number of anilines is 1. The SMILES string of the molecule is Fc1ccccc1-c1ccc(NC2[C@H]3CN(CC4CCOCC4)C[C@@H]23)nn1. The van der Waals surface area contributed by atoms with Crippen molar-refractivity contribution < 1.29 is 9.13 Å². The number of hydrogen-bond donors (Lipinski definition) is 1. The van der Waals surface area contributed by atoms with E-state index in [1.807, 2.05) is 18.2 Å². The fourth-order valence-electron chi connectivity index (χ4n) is 4.66. The van der Waals surface area contributed by atoms with Gasteiger partial charge in [0.2, 0.25) is 0 Å². The molecular formula is C21H25FN4O. The number of likely N-dealkylation sites (tertiary alicyclic amines) is 1. The zero-order valence-corrected chi connectivity index (χ0v) is 15.4. The van der Waals surface area contributed by atoms with Gasteiger partial charge in [-0.3, -0.25) is 0 Å². The third-order valence-electron chi connectivity index (χ3n) is 6.26. The summed E-state index contributed by atoms with van der Waals surface area (Å²) < 4.78 is 19.3. The Morgan fingerprint density at radius 1 is 1.04 bits per heavy atom. The average Bonchev–Trinajstić information content (AvgIpc) is 3.14. The van der Waals surface area contributed by atoms with E-state index in [9.17, 15) is 4.39 Å². The second-order valence-corrected chi connectivity index (χ2v) is 8.06. The predicted octanol–water partition coefficient (Wildman–Crippen LogP) is 3.05. The molecule has 0 radical (unpaired) electrons. The van der Waals surface area contributed by atoms with E-state index in [1.54, 1.807) is 12.1 Å². The number of ether oxygens (including phenoxy) is 1. The lowest BCUT2D eigenvalue weighted by atomic mass is 10.00. The van der Waals surface area contributed by atoms with Crippen molar-refractivity contribution in [2.45, 2.75) is 18.9 Å². The summed E-state index contributed by atoms with van der Waals surface area (Å²) in [5.41, 5.74) is 1.06. The Morgan fingerprint density at radius 3 is 2.52 bits per heavy atom. The first kappa shape index (κ1) is 17.1. The minimum atomic E-state index is -0.270. The normalized spacial score (nSPS) is 28.1. The van der Waals surface area contributed by atoms with Crippen LogP contribution in [0.25, 0.3) is 11.3 Å². The van der Waals surface area contributed by atoms with E-state index >= 15 is 0 Å². The highest BCUT2D eigenvalue weighted by Crippen LogP contribution is 2.47. The molecule has 1 aliphatic carbocycles. The van der Waals surface area contributed by atoms with Gasteiger partial charge in [0.1, 0.15) is 11.6 Å². The topological polar surface area (TPSA) is 50.3 Å². The number of piperidine rings is 1. The van der Waals surface area contributed by atoms with Gasteiger partial charge >= 0.3 is 0 Å². The van der Waals surface area contributed by atoms with Crippen LogP contribution in [0.15, 0.2) is 36.4 Å². The summed E-state index contributed by atoms with van der Waals surface area (Å²) in [5, 5.41) is 12.0. The van der Waals surface area contributed by atoms with Crippen molar-refractivity contribution in [1.82, 2.24) is 15.1 Å². The molecule has 3 aliphatic rings. The number of benzene rings is 1. The molecule has 6 heteroatoms.